The number of rotatable bonds is 5. The van der Waals surface area contributed by atoms with Gasteiger partial charge in [-0.2, -0.15) is 0 Å². The molecule has 0 spiro atoms. The fourth-order valence-corrected chi connectivity index (χ4v) is 1.95. The van der Waals surface area contributed by atoms with E-state index in [1.807, 2.05) is 48.3 Å². The minimum Gasteiger partial charge on any atom is -0.481 e. The number of hydrogen-bond acceptors (Lipinski definition) is 5. The first-order chi connectivity index (χ1) is 10.1. The number of ether oxygens (including phenoxy) is 1. The number of oxime groups is 1. The molecule has 0 radical (unpaired) electrons. The van der Waals surface area contributed by atoms with Crippen LogP contribution in [0.5, 0.6) is 5.88 Å². The Labute approximate surface area is 123 Å². The van der Waals surface area contributed by atoms with Crippen molar-refractivity contribution in [2.75, 3.05) is 19.1 Å². The third-order valence-electron chi connectivity index (χ3n) is 3.08. The Morgan fingerprint density at radius 2 is 2.10 bits per heavy atom. The zero-order valence-electron chi connectivity index (χ0n) is 12.0. The van der Waals surface area contributed by atoms with Crippen molar-refractivity contribution in [3.63, 3.8) is 0 Å². The van der Waals surface area contributed by atoms with Gasteiger partial charge in [0.25, 0.3) is 0 Å². The minimum absolute atomic E-state index is 0.0877. The van der Waals surface area contributed by atoms with E-state index in [-0.39, 0.29) is 5.84 Å². The SMILES string of the molecule is COc1cccc(CN(C)c2cccc(C(N)=NO)c2)n1. The summed E-state index contributed by atoms with van der Waals surface area (Å²) in [5.41, 5.74) is 8.12. The van der Waals surface area contributed by atoms with E-state index in [1.165, 1.54) is 0 Å². The van der Waals surface area contributed by atoms with Crippen molar-refractivity contribution < 1.29 is 9.94 Å². The van der Waals surface area contributed by atoms with Crippen molar-refractivity contribution in [1.29, 1.82) is 0 Å². The van der Waals surface area contributed by atoms with Crippen molar-refractivity contribution in [2.45, 2.75) is 6.54 Å². The smallest absolute Gasteiger partial charge is 0.213 e. The first-order valence-corrected chi connectivity index (χ1v) is 6.43. The molecule has 21 heavy (non-hydrogen) atoms. The highest BCUT2D eigenvalue weighted by Gasteiger charge is 2.07. The normalized spacial score (nSPS) is 11.2. The molecular weight excluding hydrogens is 268 g/mol. The van der Waals surface area contributed by atoms with Crippen LogP contribution in [0.15, 0.2) is 47.6 Å². The van der Waals surface area contributed by atoms with Gasteiger partial charge in [-0.3, -0.25) is 0 Å². The van der Waals surface area contributed by atoms with Crippen molar-refractivity contribution >= 4 is 11.5 Å². The molecule has 0 amide bonds. The van der Waals surface area contributed by atoms with Crippen LogP contribution in [0.4, 0.5) is 5.69 Å². The molecule has 0 aliphatic carbocycles. The molecule has 0 bridgehead atoms. The highest BCUT2D eigenvalue weighted by Crippen LogP contribution is 2.17. The molecule has 2 rings (SSSR count). The van der Waals surface area contributed by atoms with Crippen LogP contribution in [0.1, 0.15) is 11.3 Å². The van der Waals surface area contributed by atoms with E-state index in [2.05, 4.69) is 10.1 Å². The Hall–Kier alpha value is -2.76. The van der Waals surface area contributed by atoms with Crippen LogP contribution in [0, 0.1) is 0 Å². The molecule has 0 aliphatic heterocycles. The monoisotopic (exact) mass is 286 g/mol. The quantitative estimate of drug-likeness (QED) is 0.379. The summed E-state index contributed by atoms with van der Waals surface area (Å²) >= 11 is 0. The van der Waals surface area contributed by atoms with E-state index in [9.17, 15) is 0 Å². The second kappa shape index (κ2) is 6.60. The van der Waals surface area contributed by atoms with E-state index in [4.69, 9.17) is 15.7 Å². The Morgan fingerprint density at radius 3 is 2.81 bits per heavy atom. The maximum absolute atomic E-state index is 8.74. The maximum atomic E-state index is 8.74. The molecule has 0 aliphatic rings. The highest BCUT2D eigenvalue weighted by atomic mass is 16.5. The Bertz CT molecular complexity index is 643. The number of nitrogens with two attached hydrogens (primary N) is 1. The molecule has 110 valence electrons. The summed E-state index contributed by atoms with van der Waals surface area (Å²) in [5, 5.41) is 11.7. The fourth-order valence-electron chi connectivity index (χ4n) is 1.95. The number of anilines is 1. The van der Waals surface area contributed by atoms with Crippen LogP contribution < -0.4 is 15.4 Å². The molecule has 6 nitrogen and oxygen atoms in total. The second-order valence-electron chi connectivity index (χ2n) is 4.56. The van der Waals surface area contributed by atoms with Crippen LogP contribution in [-0.4, -0.2) is 30.2 Å². The lowest BCUT2D eigenvalue weighted by Crippen LogP contribution is -2.19. The van der Waals surface area contributed by atoms with Crippen LogP contribution in [0.3, 0.4) is 0 Å². The average molecular weight is 286 g/mol. The first-order valence-electron chi connectivity index (χ1n) is 6.43. The van der Waals surface area contributed by atoms with Crippen LogP contribution in [0.25, 0.3) is 0 Å². The number of hydrogen-bond donors (Lipinski definition) is 2. The van der Waals surface area contributed by atoms with Gasteiger partial charge in [0.2, 0.25) is 5.88 Å². The topological polar surface area (TPSA) is 84.0 Å². The molecule has 0 fully saturated rings. The van der Waals surface area contributed by atoms with Gasteiger partial charge in [-0.15, -0.1) is 0 Å². The summed E-state index contributed by atoms with van der Waals surface area (Å²) in [6, 6.07) is 13.1. The molecule has 3 N–H and O–H groups in total. The number of benzene rings is 1. The van der Waals surface area contributed by atoms with Gasteiger partial charge in [0.05, 0.1) is 19.3 Å². The zero-order chi connectivity index (χ0) is 15.2. The van der Waals surface area contributed by atoms with Gasteiger partial charge >= 0.3 is 0 Å². The average Bonchev–Trinajstić information content (AvgIpc) is 2.54. The Balaban J connectivity index is 2.18. The summed E-state index contributed by atoms with van der Waals surface area (Å²) < 4.78 is 5.12. The highest BCUT2D eigenvalue weighted by molar-refractivity contribution is 5.97. The third-order valence-corrected chi connectivity index (χ3v) is 3.08. The summed E-state index contributed by atoms with van der Waals surface area (Å²) in [6.45, 7) is 0.622. The van der Waals surface area contributed by atoms with Gasteiger partial charge in [-0.1, -0.05) is 23.4 Å². The van der Waals surface area contributed by atoms with Crippen molar-refractivity contribution in [3.8, 4) is 5.88 Å². The lowest BCUT2D eigenvalue weighted by molar-refractivity contribution is 0.318. The van der Waals surface area contributed by atoms with Crippen molar-refractivity contribution in [3.05, 3.63) is 53.7 Å². The van der Waals surface area contributed by atoms with Gasteiger partial charge in [-0.05, 0) is 18.2 Å². The van der Waals surface area contributed by atoms with E-state index < -0.39 is 0 Å². The van der Waals surface area contributed by atoms with E-state index in [0.717, 1.165) is 11.4 Å². The molecule has 1 aromatic carbocycles. The van der Waals surface area contributed by atoms with Gasteiger partial charge in [0.15, 0.2) is 5.84 Å². The maximum Gasteiger partial charge on any atom is 0.213 e. The van der Waals surface area contributed by atoms with Crippen LogP contribution in [0.2, 0.25) is 0 Å². The van der Waals surface area contributed by atoms with Gasteiger partial charge in [0, 0.05) is 24.4 Å². The Morgan fingerprint density at radius 1 is 1.33 bits per heavy atom. The Kier molecular flexibility index (Phi) is 4.61. The lowest BCUT2D eigenvalue weighted by Gasteiger charge is -2.19. The summed E-state index contributed by atoms with van der Waals surface area (Å²) in [7, 11) is 3.54. The van der Waals surface area contributed by atoms with E-state index in [0.29, 0.717) is 18.0 Å². The van der Waals surface area contributed by atoms with Gasteiger partial charge < -0.3 is 20.6 Å². The molecule has 6 heteroatoms. The molecular formula is C15H18N4O2. The number of pyridine rings is 1. The molecule has 1 aromatic heterocycles. The number of nitrogens with zero attached hydrogens (tertiary/aromatic N) is 3. The number of amidine groups is 1. The number of methoxy groups -OCH3 is 1. The van der Waals surface area contributed by atoms with Gasteiger partial charge in [-0.25, -0.2) is 4.98 Å². The van der Waals surface area contributed by atoms with E-state index in [1.54, 1.807) is 13.2 Å². The van der Waals surface area contributed by atoms with Crippen LogP contribution in [-0.2, 0) is 6.54 Å². The molecule has 2 aromatic rings. The number of aromatic nitrogens is 1. The molecule has 0 saturated carbocycles. The predicted octanol–water partition coefficient (Wildman–Crippen LogP) is 1.82. The predicted molar refractivity (Wildman–Crippen MR) is 81.8 cm³/mol. The minimum atomic E-state index is 0.0877. The summed E-state index contributed by atoms with van der Waals surface area (Å²) in [6.07, 6.45) is 0. The first kappa shape index (κ1) is 14.6. The van der Waals surface area contributed by atoms with E-state index >= 15 is 0 Å². The van der Waals surface area contributed by atoms with Crippen LogP contribution >= 0.6 is 0 Å². The lowest BCUT2D eigenvalue weighted by atomic mass is 10.1. The van der Waals surface area contributed by atoms with Crippen molar-refractivity contribution in [2.24, 2.45) is 10.9 Å². The molecule has 0 unspecified atom stereocenters. The molecule has 0 saturated heterocycles. The molecule has 1 heterocycles. The largest absolute Gasteiger partial charge is 0.481 e. The third kappa shape index (κ3) is 3.62. The second-order valence-corrected chi connectivity index (χ2v) is 4.56. The standard InChI is InChI=1S/C15H18N4O2/c1-19(10-12-6-4-8-14(17-12)21-2)13-7-3-5-11(9-13)15(16)18-20/h3-9,20H,10H2,1-2H3,(H2,16,18). The zero-order valence-corrected chi connectivity index (χ0v) is 12.0. The summed E-state index contributed by atoms with van der Waals surface area (Å²) in [4.78, 5) is 6.40. The fraction of sp³-hybridized carbons (Fsp3) is 0.200. The summed E-state index contributed by atoms with van der Waals surface area (Å²) in [5.74, 6) is 0.677. The molecule has 0 atom stereocenters. The van der Waals surface area contributed by atoms with Crippen molar-refractivity contribution in [1.82, 2.24) is 4.98 Å². The van der Waals surface area contributed by atoms with Gasteiger partial charge in [0.1, 0.15) is 0 Å².